The molecule has 1 spiro atoms. The third kappa shape index (κ3) is 1.87. The molecule has 13 heavy (non-hydrogen) atoms. The van der Waals surface area contributed by atoms with Gasteiger partial charge in [0.2, 0.25) is 0 Å². The molecule has 0 aliphatic heterocycles. The highest BCUT2D eigenvalue weighted by atomic mass is 16.4. The number of hydrogen-bond acceptors (Lipinski definition) is 1. The molecule has 0 amide bonds. The van der Waals surface area contributed by atoms with Crippen LogP contribution in [0.4, 0.5) is 0 Å². The fraction of sp³-hybridized carbons (Fsp3) is 0.909. The summed E-state index contributed by atoms with van der Waals surface area (Å²) in [7, 11) is 0. The largest absolute Gasteiger partial charge is 0.481 e. The second-order valence-corrected chi connectivity index (χ2v) is 4.78. The second-order valence-electron chi connectivity index (χ2n) is 4.78. The maximum Gasteiger partial charge on any atom is 0.303 e. The molecule has 2 aliphatic rings. The summed E-state index contributed by atoms with van der Waals surface area (Å²) < 4.78 is 0. The molecule has 0 radical (unpaired) electrons. The van der Waals surface area contributed by atoms with Gasteiger partial charge < -0.3 is 5.11 Å². The third-order valence-corrected chi connectivity index (χ3v) is 3.88. The SMILES string of the molecule is O=C(O)CC1CC12CCCCCC2. The molecule has 0 heterocycles. The molecular formula is C11H18O2. The number of hydrogen-bond donors (Lipinski definition) is 1. The van der Waals surface area contributed by atoms with Crippen molar-refractivity contribution in [1.82, 2.24) is 0 Å². The molecule has 0 aromatic heterocycles. The van der Waals surface area contributed by atoms with Crippen molar-refractivity contribution in [3.05, 3.63) is 0 Å². The van der Waals surface area contributed by atoms with Gasteiger partial charge >= 0.3 is 5.97 Å². The first-order valence-corrected chi connectivity index (χ1v) is 5.45. The topological polar surface area (TPSA) is 37.3 Å². The molecule has 2 aliphatic carbocycles. The lowest BCUT2D eigenvalue weighted by molar-refractivity contribution is -0.137. The zero-order valence-corrected chi connectivity index (χ0v) is 8.09. The fourth-order valence-electron chi connectivity index (χ4n) is 2.98. The normalized spacial score (nSPS) is 31.2. The van der Waals surface area contributed by atoms with Crippen molar-refractivity contribution < 1.29 is 9.90 Å². The molecule has 1 unspecified atom stereocenters. The second kappa shape index (κ2) is 3.32. The van der Waals surface area contributed by atoms with Gasteiger partial charge in [-0.2, -0.15) is 0 Å². The predicted octanol–water partition coefficient (Wildman–Crippen LogP) is 2.82. The minimum atomic E-state index is -0.605. The average molecular weight is 182 g/mol. The van der Waals surface area contributed by atoms with Crippen molar-refractivity contribution in [2.75, 3.05) is 0 Å². The first kappa shape index (κ1) is 9.04. The number of aliphatic carboxylic acids is 1. The van der Waals surface area contributed by atoms with E-state index < -0.39 is 5.97 Å². The summed E-state index contributed by atoms with van der Waals surface area (Å²) in [5.41, 5.74) is 0.481. The predicted molar refractivity (Wildman–Crippen MR) is 50.5 cm³/mol. The monoisotopic (exact) mass is 182 g/mol. The summed E-state index contributed by atoms with van der Waals surface area (Å²) >= 11 is 0. The Morgan fingerprint density at radius 2 is 1.85 bits per heavy atom. The van der Waals surface area contributed by atoms with Gasteiger partial charge in [-0.3, -0.25) is 4.79 Å². The number of carbonyl (C=O) groups is 1. The van der Waals surface area contributed by atoms with Gasteiger partial charge in [0, 0.05) is 6.42 Å². The Hall–Kier alpha value is -0.530. The van der Waals surface area contributed by atoms with Gasteiger partial charge in [0.15, 0.2) is 0 Å². The van der Waals surface area contributed by atoms with Gasteiger partial charge in [-0.05, 0) is 30.6 Å². The molecule has 0 aromatic carbocycles. The van der Waals surface area contributed by atoms with Gasteiger partial charge in [0.25, 0.3) is 0 Å². The number of carboxylic acid groups (broad SMARTS) is 1. The van der Waals surface area contributed by atoms with Gasteiger partial charge in [-0.15, -0.1) is 0 Å². The van der Waals surface area contributed by atoms with Crippen molar-refractivity contribution in [3.63, 3.8) is 0 Å². The van der Waals surface area contributed by atoms with Crippen LogP contribution in [0.5, 0.6) is 0 Å². The van der Waals surface area contributed by atoms with Crippen molar-refractivity contribution in [3.8, 4) is 0 Å². The van der Waals surface area contributed by atoms with E-state index in [4.69, 9.17) is 5.11 Å². The molecule has 1 N–H and O–H groups in total. The van der Waals surface area contributed by atoms with Crippen molar-refractivity contribution in [2.45, 2.75) is 51.4 Å². The van der Waals surface area contributed by atoms with Crippen LogP contribution in [-0.4, -0.2) is 11.1 Å². The van der Waals surface area contributed by atoms with Gasteiger partial charge in [0.1, 0.15) is 0 Å². The lowest BCUT2D eigenvalue weighted by Gasteiger charge is -2.12. The third-order valence-electron chi connectivity index (χ3n) is 3.88. The van der Waals surface area contributed by atoms with E-state index in [1.807, 2.05) is 0 Å². The molecule has 2 rings (SSSR count). The van der Waals surface area contributed by atoms with E-state index in [0.29, 0.717) is 17.8 Å². The van der Waals surface area contributed by atoms with E-state index in [1.165, 1.54) is 44.9 Å². The van der Waals surface area contributed by atoms with Crippen LogP contribution >= 0.6 is 0 Å². The van der Waals surface area contributed by atoms with Crippen molar-refractivity contribution in [2.24, 2.45) is 11.3 Å². The van der Waals surface area contributed by atoms with E-state index in [1.54, 1.807) is 0 Å². The Balaban J connectivity index is 1.88. The minimum Gasteiger partial charge on any atom is -0.481 e. The van der Waals surface area contributed by atoms with E-state index in [2.05, 4.69) is 0 Å². The first-order chi connectivity index (χ1) is 6.23. The molecule has 2 saturated carbocycles. The van der Waals surface area contributed by atoms with Gasteiger partial charge in [0.05, 0.1) is 0 Å². The quantitative estimate of drug-likeness (QED) is 0.713. The maximum absolute atomic E-state index is 10.6. The highest BCUT2D eigenvalue weighted by Crippen LogP contribution is 2.61. The number of rotatable bonds is 2. The summed E-state index contributed by atoms with van der Waals surface area (Å²) in [5, 5.41) is 8.71. The Labute approximate surface area is 79.3 Å². The molecule has 0 bridgehead atoms. The zero-order valence-electron chi connectivity index (χ0n) is 8.09. The molecule has 1 atom stereocenters. The van der Waals surface area contributed by atoms with Crippen molar-refractivity contribution >= 4 is 5.97 Å². The summed E-state index contributed by atoms with van der Waals surface area (Å²) in [4.78, 5) is 10.6. The molecule has 2 heteroatoms. The van der Waals surface area contributed by atoms with Gasteiger partial charge in [-0.25, -0.2) is 0 Å². The molecule has 2 nitrogen and oxygen atoms in total. The van der Waals surface area contributed by atoms with Crippen LogP contribution in [0.15, 0.2) is 0 Å². The van der Waals surface area contributed by atoms with E-state index in [0.717, 1.165) is 0 Å². The van der Waals surface area contributed by atoms with E-state index in [-0.39, 0.29) is 0 Å². The Morgan fingerprint density at radius 3 is 2.38 bits per heavy atom. The van der Waals surface area contributed by atoms with Crippen LogP contribution in [0.3, 0.4) is 0 Å². The summed E-state index contributed by atoms with van der Waals surface area (Å²) in [6.07, 6.45) is 9.59. The standard InChI is InChI=1S/C11H18O2/c12-10(13)7-9-8-11(9)5-3-1-2-4-6-11/h9H,1-8H2,(H,12,13). The van der Waals surface area contributed by atoms with Crippen LogP contribution in [0.2, 0.25) is 0 Å². The molecule has 2 fully saturated rings. The van der Waals surface area contributed by atoms with Crippen molar-refractivity contribution in [1.29, 1.82) is 0 Å². The fourth-order valence-corrected chi connectivity index (χ4v) is 2.98. The van der Waals surface area contributed by atoms with E-state index >= 15 is 0 Å². The number of carboxylic acids is 1. The maximum atomic E-state index is 10.6. The minimum absolute atomic E-state index is 0.417. The smallest absolute Gasteiger partial charge is 0.303 e. The Morgan fingerprint density at radius 1 is 1.23 bits per heavy atom. The van der Waals surface area contributed by atoms with Crippen LogP contribution in [0, 0.1) is 11.3 Å². The van der Waals surface area contributed by atoms with Gasteiger partial charge in [-0.1, -0.05) is 25.7 Å². The average Bonchev–Trinajstić information content (AvgIpc) is 2.76. The highest BCUT2D eigenvalue weighted by molar-refractivity contribution is 5.67. The van der Waals surface area contributed by atoms with Crippen LogP contribution in [0.25, 0.3) is 0 Å². The zero-order chi connectivity index (χ0) is 9.31. The van der Waals surface area contributed by atoms with Crippen LogP contribution in [-0.2, 0) is 4.79 Å². The Bertz CT molecular complexity index is 202. The Kier molecular flexibility index (Phi) is 2.31. The molecule has 74 valence electrons. The summed E-state index contributed by atoms with van der Waals surface area (Å²) in [5.74, 6) is -0.0887. The summed E-state index contributed by atoms with van der Waals surface area (Å²) in [6, 6.07) is 0. The van der Waals surface area contributed by atoms with E-state index in [9.17, 15) is 4.79 Å². The van der Waals surface area contributed by atoms with Crippen LogP contribution in [0.1, 0.15) is 51.4 Å². The molecule has 0 saturated heterocycles. The summed E-state index contributed by atoms with van der Waals surface area (Å²) in [6.45, 7) is 0. The molecular weight excluding hydrogens is 164 g/mol. The first-order valence-electron chi connectivity index (χ1n) is 5.45. The highest BCUT2D eigenvalue weighted by Gasteiger charge is 2.53. The lowest BCUT2D eigenvalue weighted by Crippen LogP contribution is -2.06. The lowest BCUT2D eigenvalue weighted by atomic mass is 9.93. The van der Waals surface area contributed by atoms with Crippen LogP contribution < -0.4 is 0 Å². The molecule has 0 aromatic rings.